The summed E-state index contributed by atoms with van der Waals surface area (Å²) in [7, 11) is 0. The van der Waals surface area contributed by atoms with Crippen molar-refractivity contribution in [3.8, 4) is 0 Å². The molecule has 0 saturated carbocycles. The number of hydrogen-bond acceptors (Lipinski definition) is 1. The molecule has 0 aliphatic rings. The lowest BCUT2D eigenvalue weighted by atomic mass is 10.2. The lowest BCUT2D eigenvalue weighted by Gasteiger charge is -2.05. The fraction of sp³-hybridized carbons (Fsp3) is 0.143. The first kappa shape index (κ1) is 14.0. The molecule has 0 amide bonds. The zero-order valence-corrected chi connectivity index (χ0v) is 11.0. The molecule has 0 aromatic heterocycles. The molecule has 0 unspecified atom stereocenters. The summed E-state index contributed by atoms with van der Waals surface area (Å²) in [4.78, 5) is 0. The van der Waals surface area contributed by atoms with Crippen molar-refractivity contribution in [3.05, 3.63) is 70.7 Å². The standard InChI is InChI=1S/C14H14ClN.ClH/c15-14-8-4-7-13(9-14)11-16-10-12-5-2-1-3-6-12;/h1-9,16H,10-11H2;1H. The van der Waals surface area contributed by atoms with Gasteiger partial charge in [0.05, 0.1) is 0 Å². The van der Waals surface area contributed by atoms with Gasteiger partial charge in [-0.25, -0.2) is 0 Å². The molecule has 90 valence electrons. The summed E-state index contributed by atoms with van der Waals surface area (Å²) in [5.74, 6) is 0. The quantitative estimate of drug-likeness (QED) is 0.882. The van der Waals surface area contributed by atoms with Gasteiger partial charge >= 0.3 is 0 Å². The lowest BCUT2D eigenvalue weighted by Crippen LogP contribution is -2.12. The smallest absolute Gasteiger partial charge is 0.0409 e. The first-order chi connectivity index (χ1) is 7.84. The van der Waals surface area contributed by atoms with Crippen LogP contribution >= 0.6 is 24.0 Å². The third-order valence-electron chi connectivity index (χ3n) is 2.39. The molecule has 1 nitrogen and oxygen atoms in total. The van der Waals surface area contributed by atoms with Gasteiger partial charge in [-0.1, -0.05) is 54.1 Å². The van der Waals surface area contributed by atoms with Gasteiger partial charge in [0.25, 0.3) is 0 Å². The second kappa shape index (κ2) is 7.33. The normalized spacial score (nSPS) is 9.71. The highest BCUT2D eigenvalue weighted by atomic mass is 35.5. The van der Waals surface area contributed by atoms with Gasteiger partial charge in [-0.05, 0) is 23.3 Å². The summed E-state index contributed by atoms with van der Waals surface area (Å²) < 4.78 is 0. The first-order valence-electron chi connectivity index (χ1n) is 5.34. The Morgan fingerprint density at radius 3 is 2.18 bits per heavy atom. The van der Waals surface area contributed by atoms with E-state index in [1.165, 1.54) is 11.1 Å². The predicted octanol–water partition coefficient (Wildman–Crippen LogP) is 4.05. The van der Waals surface area contributed by atoms with E-state index in [1.807, 2.05) is 24.3 Å². The van der Waals surface area contributed by atoms with Crippen molar-refractivity contribution in [1.29, 1.82) is 0 Å². The van der Waals surface area contributed by atoms with Gasteiger partial charge in [0.2, 0.25) is 0 Å². The van der Waals surface area contributed by atoms with Crippen LogP contribution in [0.5, 0.6) is 0 Å². The largest absolute Gasteiger partial charge is 0.309 e. The Bertz CT molecular complexity index is 443. The maximum absolute atomic E-state index is 5.91. The maximum atomic E-state index is 5.91. The Morgan fingerprint density at radius 1 is 0.824 bits per heavy atom. The molecule has 0 atom stereocenters. The molecule has 0 spiro atoms. The van der Waals surface area contributed by atoms with Crippen molar-refractivity contribution in [2.45, 2.75) is 13.1 Å². The predicted molar refractivity (Wildman–Crippen MR) is 75.7 cm³/mol. The summed E-state index contributed by atoms with van der Waals surface area (Å²) in [5, 5.41) is 4.18. The number of benzene rings is 2. The summed E-state index contributed by atoms with van der Waals surface area (Å²) >= 11 is 5.91. The number of nitrogens with one attached hydrogen (secondary N) is 1. The molecule has 0 fully saturated rings. The fourth-order valence-electron chi connectivity index (χ4n) is 1.59. The molecule has 0 radical (unpaired) electrons. The van der Waals surface area contributed by atoms with Crippen LogP contribution in [-0.4, -0.2) is 0 Å². The van der Waals surface area contributed by atoms with Crippen LogP contribution in [0.15, 0.2) is 54.6 Å². The zero-order valence-electron chi connectivity index (χ0n) is 9.40. The van der Waals surface area contributed by atoms with E-state index in [0.29, 0.717) is 0 Å². The van der Waals surface area contributed by atoms with Crippen LogP contribution in [0, 0.1) is 0 Å². The van der Waals surface area contributed by atoms with E-state index in [4.69, 9.17) is 11.6 Å². The third kappa shape index (κ3) is 4.78. The Morgan fingerprint density at radius 2 is 1.47 bits per heavy atom. The average molecular weight is 268 g/mol. The van der Waals surface area contributed by atoms with Crippen LogP contribution in [-0.2, 0) is 13.1 Å². The van der Waals surface area contributed by atoms with Gasteiger partial charge in [0.15, 0.2) is 0 Å². The van der Waals surface area contributed by atoms with Crippen LogP contribution in [0.3, 0.4) is 0 Å². The van der Waals surface area contributed by atoms with Crippen molar-refractivity contribution in [2.24, 2.45) is 0 Å². The Kier molecular flexibility index (Phi) is 6.06. The molecule has 0 saturated heterocycles. The van der Waals surface area contributed by atoms with Gasteiger partial charge in [-0.2, -0.15) is 0 Å². The van der Waals surface area contributed by atoms with E-state index in [1.54, 1.807) is 0 Å². The van der Waals surface area contributed by atoms with Gasteiger partial charge < -0.3 is 5.32 Å². The third-order valence-corrected chi connectivity index (χ3v) is 2.63. The molecular formula is C14H15Cl2N. The van der Waals surface area contributed by atoms with Crippen molar-refractivity contribution < 1.29 is 0 Å². The molecule has 1 N–H and O–H groups in total. The molecule has 2 rings (SSSR count). The molecule has 3 heteroatoms. The first-order valence-corrected chi connectivity index (χ1v) is 5.71. The van der Waals surface area contributed by atoms with Crippen molar-refractivity contribution >= 4 is 24.0 Å². The summed E-state index contributed by atoms with van der Waals surface area (Å²) in [6, 6.07) is 18.3. The highest BCUT2D eigenvalue weighted by molar-refractivity contribution is 6.30. The second-order valence-electron chi connectivity index (χ2n) is 3.72. The molecule has 0 bridgehead atoms. The molecule has 0 heterocycles. The Balaban J connectivity index is 0.00000144. The van der Waals surface area contributed by atoms with E-state index in [2.05, 4.69) is 35.6 Å². The fourth-order valence-corrected chi connectivity index (χ4v) is 1.81. The molecule has 0 aliphatic heterocycles. The molecule has 2 aromatic rings. The second-order valence-corrected chi connectivity index (χ2v) is 4.16. The van der Waals surface area contributed by atoms with Crippen molar-refractivity contribution in [2.75, 3.05) is 0 Å². The minimum absolute atomic E-state index is 0. The van der Waals surface area contributed by atoms with Crippen LogP contribution < -0.4 is 5.32 Å². The molecule has 0 aliphatic carbocycles. The topological polar surface area (TPSA) is 12.0 Å². The van der Waals surface area contributed by atoms with Crippen LogP contribution in [0.2, 0.25) is 5.02 Å². The lowest BCUT2D eigenvalue weighted by molar-refractivity contribution is 0.693. The van der Waals surface area contributed by atoms with Crippen LogP contribution in [0.1, 0.15) is 11.1 Å². The summed E-state index contributed by atoms with van der Waals surface area (Å²) in [6.45, 7) is 1.73. The molecular weight excluding hydrogens is 253 g/mol. The average Bonchev–Trinajstić information content (AvgIpc) is 2.30. The maximum Gasteiger partial charge on any atom is 0.0409 e. The number of halogens is 2. The molecule has 2 aromatic carbocycles. The molecule has 17 heavy (non-hydrogen) atoms. The van der Waals surface area contributed by atoms with Crippen molar-refractivity contribution in [1.82, 2.24) is 5.32 Å². The van der Waals surface area contributed by atoms with Gasteiger partial charge in [0, 0.05) is 18.1 Å². The summed E-state index contributed by atoms with van der Waals surface area (Å²) in [5.41, 5.74) is 2.51. The number of rotatable bonds is 4. The van der Waals surface area contributed by atoms with E-state index in [9.17, 15) is 0 Å². The Labute approximate surface area is 113 Å². The van der Waals surface area contributed by atoms with Gasteiger partial charge in [0.1, 0.15) is 0 Å². The number of hydrogen-bond donors (Lipinski definition) is 1. The van der Waals surface area contributed by atoms with Crippen molar-refractivity contribution in [3.63, 3.8) is 0 Å². The monoisotopic (exact) mass is 267 g/mol. The van der Waals surface area contributed by atoms with E-state index >= 15 is 0 Å². The van der Waals surface area contributed by atoms with Crippen LogP contribution in [0.25, 0.3) is 0 Å². The SMILES string of the molecule is Cl.Clc1cccc(CNCc2ccccc2)c1. The van der Waals surface area contributed by atoms with Gasteiger partial charge in [-0.3, -0.25) is 0 Å². The van der Waals surface area contributed by atoms with E-state index in [-0.39, 0.29) is 12.4 Å². The minimum atomic E-state index is 0. The van der Waals surface area contributed by atoms with Gasteiger partial charge in [-0.15, -0.1) is 12.4 Å². The van der Waals surface area contributed by atoms with Crippen LogP contribution in [0.4, 0.5) is 0 Å². The highest BCUT2D eigenvalue weighted by Gasteiger charge is 1.94. The van der Waals surface area contributed by atoms with E-state index < -0.39 is 0 Å². The summed E-state index contributed by atoms with van der Waals surface area (Å²) in [6.07, 6.45) is 0. The zero-order chi connectivity index (χ0) is 11.2. The Hall–Kier alpha value is -1.02. The highest BCUT2D eigenvalue weighted by Crippen LogP contribution is 2.10. The van der Waals surface area contributed by atoms with E-state index in [0.717, 1.165) is 18.1 Å². The minimum Gasteiger partial charge on any atom is -0.309 e.